The second-order valence-corrected chi connectivity index (χ2v) is 20.2. The van der Waals surface area contributed by atoms with Crippen molar-refractivity contribution in [3.63, 3.8) is 0 Å². The molecule has 6 nitrogen and oxygen atoms in total. The van der Waals surface area contributed by atoms with Crippen LogP contribution in [-0.2, 0) is 28.6 Å². The van der Waals surface area contributed by atoms with Gasteiger partial charge in [-0.2, -0.15) is 0 Å². The van der Waals surface area contributed by atoms with Crippen LogP contribution in [-0.4, -0.2) is 37.2 Å². The summed E-state index contributed by atoms with van der Waals surface area (Å²) < 4.78 is 16.8. The molecule has 410 valence electrons. The van der Waals surface area contributed by atoms with E-state index in [-0.39, 0.29) is 37.5 Å². The monoisotopic (exact) mass is 991 g/mol. The molecule has 0 aliphatic rings. The molecule has 0 aromatic carbocycles. The highest BCUT2D eigenvalue weighted by atomic mass is 16.6. The molecule has 0 aliphatic heterocycles. The summed E-state index contributed by atoms with van der Waals surface area (Å²) in [6.45, 7) is 6.50. The third-order valence-electron chi connectivity index (χ3n) is 13.2. The average Bonchev–Trinajstić information content (AvgIpc) is 3.37. The van der Waals surface area contributed by atoms with Crippen molar-refractivity contribution in [3.05, 3.63) is 72.9 Å². The zero-order valence-corrected chi connectivity index (χ0v) is 47.0. The van der Waals surface area contributed by atoms with E-state index in [0.717, 1.165) is 77.0 Å². The predicted molar refractivity (Wildman–Crippen MR) is 307 cm³/mol. The van der Waals surface area contributed by atoms with Crippen LogP contribution in [0.3, 0.4) is 0 Å². The van der Waals surface area contributed by atoms with Gasteiger partial charge in [0.05, 0.1) is 0 Å². The molecule has 6 heteroatoms. The molecule has 0 aromatic rings. The van der Waals surface area contributed by atoms with Crippen molar-refractivity contribution in [2.75, 3.05) is 13.2 Å². The number of esters is 3. The van der Waals surface area contributed by atoms with E-state index in [1.807, 2.05) is 0 Å². The lowest BCUT2D eigenvalue weighted by Gasteiger charge is -2.18. The summed E-state index contributed by atoms with van der Waals surface area (Å²) in [5.41, 5.74) is 0. The van der Waals surface area contributed by atoms with Gasteiger partial charge in [-0.15, -0.1) is 0 Å². The van der Waals surface area contributed by atoms with Gasteiger partial charge < -0.3 is 14.2 Å². The molecule has 0 saturated carbocycles. The second kappa shape index (κ2) is 59.4. The van der Waals surface area contributed by atoms with Gasteiger partial charge in [-0.05, 0) is 83.5 Å². The number of rotatable bonds is 55. The summed E-state index contributed by atoms with van der Waals surface area (Å²) >= 11 is 0. The number of carbonyl (C=O) groups excluding carboxylic acids is 3. The van der Waals surface area contributed by atoms with Gasteiger partial charge >= 0.3 is 17.9 Å². The fourth-order valence-electron chi connectivity index (χ4n) is 8.65. The Morgan fingerprint density at radius 2 is 0.563 bits per heavy atom. The van der Waals surface area contributed by atoms with Gasteiger partial charge in [0.1, 0.15) is 13.2 Å². The Bertz CT molecular complexity index is 1320. The van der Waals surface area contributed by atoms with E-state index in [9.17, 15) is 14.4 Å². The minimum absolute atomic E-state index is 0.0953. The normalized spacial score (nSPS) is 12.5. The number of allylic oxidation sites excluding steroid dienone is 12. The minimum Gasteiger partial charge on any atom is -0.462 e. The van der Waals surface area contributed by atoms with E-state index in [2.05, 4.69) is 93.7 Å². The van der Waals surface area contributed by atoms with E-state index < -0.39 is 6.10 Å². The minimum atomic E-state index is -0.803. The highest BCUT2D eigenvalue weighted by Crippen LogP contribution is 2.16. The maximum atomic E-state index is 12.8. The van der Waals surface area contributed by atoms with Crippen molar-refractivity contribution in [2.45, 2.75) is 309 Å². The fourth-order valence-corrected chi connectivity index (χ4v) is 8.65. The molecule has 0 saturated heterocycles. The third-order valence-corrected chi connectivity index (χ3v) is 13.2. The molecule has 0 spiro atoms. The molecule has 71 heavy (non-hydrogen) atoms. The molecular weight excluding hydrogens is 877 g/mol. The van der Waals surface area contributed by atoms with Crippen LogP contribution in [0.5, 0.6) is 0 Å². The summed E-state index contributed by atoms with van der Waals surface area (Å²) in [7, 11) is 0. The van der Waals surface area contributed by atoms with Crippen molar-refractivity contribution < 1.29 is 28.6 Å². The molecule has 0 aromatic heterocycles. The first-order valence-corrected chi connectivity index (χ1v) is 30.4. The van der Waals surface area contributed by atoms with Crippen molar-refractivity contribution in [1.82, 2.24) is 0 Å². The summed E-state index contributed by atoms with van der Waals surface area (Å²) in [5.74, 6) is -0.944. The Balaban J connectivity index is 4.30. The predicted octanol–water partition coefficient (Wildman–Crippen LogP) is 20.5. The second-order valence-electron chi connectivity index (χ2n) is 20.2. The van der Waals surface area contributed by atoms with Crippen LogP contribution < -0.4 is 0 Å². The Morgan fingerprint density at radius 1 is 0.296 bits per heavy atom. The molecular formula is C65H114O6. The van der Waals surface area contributed by atoms with Crippen LogP contribution in [0.1, 0.15) is 303 Å². The highest BCUT2D eigenvalue weighted by molar-refractivity contribution is 5.71. The van der Waals surface area contributed by atoms with Crippen LogP contribution in [0, 0.1) is 0 Å². The van der Waals surface area contributed by atoms with Gasteiger partial charge in [-0.1, -0.05) is 273 Å². The molecule has 1 unspecified atom stereocenters. The number of hydrogen-bond acceptors (Lipinski definition) is 6. The first-order valence-electron chi connectivity index (χ1n) is 30.4. The molecule has 0 fully saturated rings. The van der Waals surface area contributed by atoms with Gasteiger partial charge in [0.2, 0.25) is 0 Å². The topological polar surface area (TPSA) is 78.9 Å². The number of ether oxygens (including phenoxy) is 3. The molecule has 0 radical (unpaired) electrons. The summed E-state index contributed by atoms with van der Waals surface area (Å²) in [6.07, 6.45) is 76.3. The SMILES string of the molecule is CC/C=C\C/C=C\C/C=C\C/C=C\C/C=C\CCCC(=O)OC(COC(=O)CCCCCCCCCCCCC)COC(=O)CCCCCCCCCCCCCCC/C=C\CCCCCCCCCC. The molecule has 1 atom stereocenters. The van der Waals surface area contributed by atoms with Gasteiger partial charge in [-0.25, -0.2) is 0 Å². The highest BCUT2D eigenvalue weighted by Gasteiger charge is 2.19. The van der Waals surface area contributed by atoms with Crippen LogP contribution in [0.4, 0.5) is 0 Å². The van der Waals surface area contributed by atoms with Crippen molar-refractivity contribution in [1.29, 1.82) is 0 Å². The van der Waals surface area contributed by atoms with Crippen LogP contribution in [0.25, 0.3) is 0 Å². The van der Waals surface area contributed by atoms with Crippen LogP contribution >= 0.6 is 0 Å². The summed E-state index contributed by atoms with van der Waals surface area (Å²) in [6, 6.07) is 0. The van der Waals surface area contributed by atoms with Crippen LogP contribution in [0.15, 0.2) is 72.9 Å². The Labute approximate surface area is 440 Å². The number of unbranched alkanes of at least 4 members (excludes halogenated alkanes) is 32. The number of carbonyl (C=O) groups is 3. The van der Waals surface area contributed by atoms with E-state index in [1.54, 1.807) is 0 Å². The largest absolute Gasteiger partial charge is 0.462 e. The van der Waals surface area contributed by atoms with Gasteiger partial charge in [0.25, 0.3) is 0 Å². The van der Waals surface area contributed by atoms with E-state index in [1.165, 1.54) is 180 Å². The van der Waals surface area contributed by atoms with Crippen molar-refractivity contribution >= 4 is 17.9 Å². The van der Waals surface area contributed by atoms with Crippen LogP contribution in [0.2, 0.25) is 0 Å². The van der Waals surface area contributed by atoms with E-state index in [4.69, 9.17) is 14.2 Å². The van der Waals surface area contributed by atoms with E-state index >= 15 is 0 Å². The first-order chi connectivity index (χ1) is 35.0. The Kier molecular flexibility index (Phi) is 56.8. The van der Waals surface area contributed by atoms with Gasteiger partial charge in [0.15, 0.2) is 6.10 Å². The smallest absolute Gasteiger partial charge is 0.306 e. The maximum absolute atomic E-state index is 12.8. The fraction of sp³-hybridized carbons (Fsp3) is 0.769. The lowest BCUT2D eigenvalue weighted by Crippen LogP contribution is -2.30. The molecule has 0 rings (SSSR count). The molecule has 0 amide bonds. The molecule has 0 N–H and O–H groups in total. The standard InChI is InChI=1S/C65H114O6/c1-4-7-10-13-16-19-22-24-26-28-29-30-31-32-33-34-35-37-38-40-43-46-49-52-55-58-64(67)70-61-62(60-69-63(66)57-54-51-48-45-42-21-18-15-12-9-6-3)71-65(68)59-56-53-50-47-44-41-39-36-27-25-23-20-17-14-11-8-5-2/h8,11,17,20,25,27-29,39,41,47,50,62H,4-7,9-10,12-16,18-19,21-24,26,30-38,40,42-46,48-49,51-61H2,1-3H3/b11-8-,20-17-,27-25-,29-28-,41-39-,50-47-. The maximum Gasteiger partial charge on any atom is 0.306 e. The van der Waals surface area contributed by atoms with Gasteiger partial charge in [0, 0.05) is 19.3 Å². The van der Waals surface area contributed by atoms with Crippen molar-refractivity contribution in [3.8, 4) is 0 Å². The van der Waals surface area contributed by atoms with Crippen molar-refractivity contribution in [2.24, 2.45) is 0 Å². The lowest BCUT2D eigenvalue weighted by molar-refractivity contribution is -0.167. The molecule has 0 aliphatic carbocycles. The summed E-state index contributed by atoms with van der Waals surface area (Å²) in [5, 5.41) is 0. The van der Waals surface area contributed by atoms with Gasteiger partial charge in [-0.3, -0.25) is 14.4 Å². The Hall–Kier alpha value is -3.15. The third kappa shape index (κ3) is 57.6. The zero-order chi connectivity index (χ0) is 51.4. The molecule has 0 heterocycles. The Morgan fingerprint density at radius 3 is 0.915 bits per heavy atom. The summed E-state index contributed by atoms with van der Waals surface area (Å²) in [4.78, 5) is 38.1. The van der Waals surface area contributed by atoms with E-state index in [0.29, 0.717) is 19.3 Å². The quantitative estimate of drug-likeness (QED) is 0.0261. The molecule has 0 bridgehead atoms. The first kappa shape index (κ1) is 67.8. The number of hydrogen-bond donors (Lipinski definition) is 0. The zero-order valence-electron chi connectivity index (χ0n) is 47.0. The average molecular weight is 992 g/mol. The lowest BCUT2D eigenvalue weighted by atomic mass is 10.0.